The molecule has 6 nitrogen and oxygen atoms in total. The predicted molar refractivity (Wildman–Crippen MR) is 226 cm³/mol. The van der Waals surface area contributed by atoms with Gasteiger partial charge in [0.15, 0.2) is 6.17 Å². The minimum atomic E-state index is -0.213. The van der Waals surface area contributed by atoms with Crippen LogP contribution in [0.5, 0.6) is 0 Å². The van der Waals surface area contributed by atoms with E-state index in [0.717, 1.165) is 90.0 Å². The van der Waals surface area contributed by atoms with Gasteiger partial charge in [0.1, 0.15) is 34.7 Å². The molecule has 4 atom stereocenters. The zero-order valence-electron chi connectivity index (χ0n) is 30.6. The zero-order chi connectivity index (χ0) is 37.0. The average Bonchev–Trinajstić information content (AvgIpc) is 3.84. The molecule has 4 N–H and O–H groups in total. The van der Waals surface area contributed by atoms with Crippen molar-refractivity contribution in [1.82, 2.24) is 10.6 Å². The number of fused-ring (bicyclic) bond motifs is 6. The fourth-order valence-corrected chi connectivity index (χ4v) is 8.72. The number of furan rings is 2. The molecule has 0 fully saturated rings. The third kappa shape index (κ3) is 5.65. The Morgan fingerprint density at radius 2 is 1.29 bits per heavy atom. The van der Waals surface area contributed by atoms with Crippen LogP contribution in [-0.2, 0) is 0 Å². The maximum Gasteiger partial charge on any atom is 0.190 e. The number of rotatable bonds is 6. The van der Waals surface area contributed by atoms with Gasteiger partial charge in [-0.15, -0.1) is 0 Å². The monoisotopic (exact) mass is 727 g/mol. The summed E-state index contributed by atoms with van der Waals surface area (Å²) in [5.74, 6) is 0.955. The fourth-order valence-electron chi connectivity index (χ4n) is 8.72. The summed E-state index contributed by atoms with van der Waals surface area (Å²) in [4.78, 5) is 5.31. The van der Waals surface area contributed by atoms with Gasteiger partial charge in [0.05, 0.1) is 17.2 Å². The number of nitrogens with one attached hydrogen (secondary N) is 2. The number of quaternary nitrogens is 1. The Bertz CT molecular complexity index is 2870. The second-order valence-corrected chi connectivity index (χ2v) is 14.9. The second kappa shape index (κ2) is 13.4. The van der Waals surface area contributed by atoms with Crippen LogP contribution in [0.15, 0.2) is 184 Å². The molecular formula is C50H39N4O2+. The Kier molecular flexibility index (Phi) is 7.81. The molecule has 1 aliphatic carbocycles. The topological polar surface area (TPSA) is 79.3 Å². The summed E-state index contributed by atoms with van der Waals surface area (Å²) in [6.07, 6.45) is 9.51. The van der Waals surface area contributed by atoms with Crippen molar-refractivity contribution in [3.63, 3.8) is 0 Å². The summed E-state index contributed by atoms with van der Waals surface area (Å²) in [5, 5.41) is 13.3. The summed E-state index contributed by atoms with van der Waals surface area (Å²) < 4.78 is 13.7. The lowest BCUT2D eigenvalue weighted by molar-refractivity contribution is -0.730. The van der Waals surface area contributed by atoms with Crippen LogP contribution in [0.1, 0.15) is 63.7 Å². The predicted octanol–water partition coefficient (Wildman–Crippen LogP) is 10.2. The molecule has 8 aromatic rings. The highest BCUT2D eigenvalue weighted by atomic mass is 16.3. The van der Waals surface area contributed by atoms with Gasteiger partial charge in [-0.2, -0.15) is 0 Å². The highest BCUT2D eigenvalue weighted by molar-refractivity contribution is 6.13. The summed E-state index contributed by atoms with van der Waals surface area (Å²) in [7, 11) is 0. The number of allylic oxidation sites excluding steroid dienone is 2. The van der Waals surface area contributed by atoms with Crippen molar-refractivity contribution in [1.29, 1.82) is 0 Å². The number of nitrogens with zero attached hydrogens (tertiary/aromatic N) is 1. The molecule has 11 rings (SSSR count). The van der Waals surface area contributed by atoms with Crippen molar-refractivity contribution in [3.8, 4) is 0 Å². The minimum absolute atomic E-state index is 0.000473. The Morgan fingerprint density at radius 3 is 2.04 bits per heavy atom. The maximum absolute atomic E-state index is 6.85. The number of benzene rings is 6. The van der Waals surface area contributed by atoms with Crippen molar-refractivity contribution in [3.05, 3.63) is 209 Å². The summed E-state index contributed by atoms with van der Waals surface area (Å²) in [6, 6.07) is 53.2. The van der Waals surface area contributed by atoms with Crippen molar-refractivity contribution in [2.45, 2.75) is 30.7 Å². The first-order valence-corrected chi connectivity index (χ1v) is 19.4. The van der Waals surface area contributed by atoms with Gasteiger partial charge in [0.25, 0.3) is 0 Å². The van der Waals surface area contributed by atoms with Crippen LogP contribution in [0.3, 0.4) is 0 Å². The molecule has 56 heavy (non-hydrogen) atoms. The van der Waals surface area contributed by atoms with E-state index in [1.165, 1.54) is 5.56 Å². The first kappa shape index (κ1) is 32.5. The SMILES string of the molecule is C1=Cc2c(oc3cc4oc5c(C6NC(c7ccccc7)=CC(c7ccccc7)[NH2+]6)cccc5c4cc23)C(C2N=C(c3ccccc3)C=C(c3ccccc3)N2)C1. The lowest BCUT2D eigenvalue weighted by Crippen LogP contribution is -2.89. The number of nitrogens with two attached hydrogens (primary N) is 1. The fraction of sp³-hybridized carbons (Fsp3) is 0.100. The Balaban J connectivity index is 0.977. The molecule has 0 amide bonds. The third-order valence-corrected chi connectivity index (χ3v) is 11.5. The van der Waals surface area contributed by atoms with E-state index in [2.05, 4.69) is 186 Å². The van der Waals surface area contributed by atoms with Gasteiger partial charge in [0, 0.05) is 50.8 Å². The molecule has 3 aliphatic rings. The van der Waals surface area contributed by atoms with Crippen LogP contribution in [0.25, 0.3) is 50.4 Å². The van der Waals surface area contributed by atoms with E-state index >= 15 is 0 Å². The van der Waals surface area contributed by atoms with E-state index in [4.69, 9.17) is 13.8 Å². The van der Waals surface area contributed by atoms with E-state index < -0.39 is 0 Å². The smallest absolute Gasteiger partial charge is 0.190 e. The van der Waals surface area contributed by atoms with Crippen LogP contribution in [0, 0.1) is 0 Å². The molecule has 0 bridgehead atoms. The number of aliphatic imine (C=N–C) groups is 1. The van der Waals surface area contributed by atoms with Gasteiger partial charge >= 0.3 is 0 Å². The van der Waals surface area contributed by atoms with Crippen LogP contribution in [0.4, 0.5) is 0 Å². The van der Waals surface area contributed by atoms with Gasteiger partial charge in [-0.1, -0.05) is 146 Å². The van der Waals surface area contributed by atoms with E-state index in [0.29, 0.717) is 0 Å². The highest BCUT2D eigenvalue weighted by Crippen LogP contribution is 2.44. The van der Waals surface area contributed by atoms with Crippen molar-refractivity contribution in [2.75, 3.05) is 0 Å². The third-order valence-electron chi connectivity index (χ3n) is 11.5. The Hall–Kier alpha value is -6.89. The van der Waals surface area contributed by atoms with Crippen molar-refractivity contribution >= 4 is 56.1 Å². The minimum Gasteiger partial charge on any atom is -0.460 e. The number of hydrogen-bond acceptors (Lipinski definition) is 5. The maximum atomic E-state index is 6.85. The van der Waals surface area contributed by atoms with Gasteiger partial charge in [-0.3, -0.25) is 4.99 Å². The molecule has 0 radical (unpaired) electrons. The first-order chi connectivity index (χ1) is 27.7. The number of hydrogen-bond donors (Lipinski definition) is 3. The van der Waals surface area contributed by atoms with E-state index in [-0.39, 0.29) is 24.3 Å². The van der Waals surface area contributed by atoms with Crippen molar-refractivity contribution in [2.24, 2.45) is 4.99 Å². The molecule has 2 aromatic heterocycles. The standard InChI is InChI=1S/C50H38N4O2/c1-5-15-31(16-6-1)41-28-42(32-17-7-2-8-18-32)52-49(51-41)37-25-13-23-35-39-27-40-36-24-14-26-38(48(36)56-46(40)30-45(39)55-47(35)37)50-53-43(33-19-9-3-10-20-33)29-44(54-50)34-21-11-4-12-22-34/h1-25,27-30,38,41,49-53H,26H2/p+1. The molecular weight excluding hydrogens is 689 g/mol. The van der Waals surface area contributed by atoms with E-state index in [1.54, 1.807) is 0 Å². The van der Waals surface area contributed by atoms with E-state index in [1.807, 2.05) is 6.07 Å². The average molecular weight is 728 g/mol. The van der Waals surface area contributed by atoms with Crippen LogP contribution >= 0.6 is 0 Å². The van der Waals surface area contributed by atoms with Gasteiger partial charge in [-0.25, -0.2) is 0 Å². The zero-order valence-corrected chi connectivity index (χ0v) is 30.6. The number of para-hydroxylation sites is 1. The van der Waals surface area contributed by atoms with Crippen LogP contribution in [-0.4, -0.2) is 11.9 Å². The lowest BCUT2D eigenvalue weighted by Gasteiger charge is -2.30. The van der Waals surface area contributed by atoms with Crippen molar-refractivity contribution < 1.29 is 14.2 Å². The molecule has 0 spiro atoms. The second-order valence-electron chi connectivity index (χ2n) is 14.9. The molecule has 6 aromatic carbocycles. The largest absolute Gasteiger partial charge is 0.460 e. The summed E-state index contributed by atoms with van der Waals surface area (Å²) in [5.41, 5.74) is 12.5. The molecule has 4 heterocycles. The normalized spacial score (nSPS) is 20.5. The molecule has 6 heteroatoms. The summed E-state index contributed by atoms with van der Waals surface area (Å²) in [6.45, 7) is 0. The van der Waals surface area contributed by atoms with E-state index in [9.17, 15) is 0 Å². The molecule has 0 saturated carbocycles. The molecule has 2 aliphatic heterocycles. The van der Waals surface area contributed by atoms with Crippen LogP contribution in [0.2, 0.25) is 0 Å². The Labute approximate surface area is 324 Å². The molecule has 0 saturated heterocycles. The Morgan fingerprint density at radius 1 is 0.607 bits per heavy atom. The highest BCUT2D eigenvalue weighted by Gasteiger charge is 2.34. The summed E-state index contributed by atoms with van der Waals surface area (Å²) >= 11 is 0. The van der Waals surface area contributed by atoms with Gasteiger partial charge in [0.2, 0.25) is 0 Å². The molecule has 4 unspecified atom stereocenters. The molecule has 270 valence electrons. The first-order valence-electron chi connectivity index (χ1n) is 19.4. The lowest BCUT2D eigenvalue weighted by atomic mass is 9.88. The quantitative estimate of drug-likeness (QED) is 0.159. The van der Waals surface area contributed by atoms with Gasteiger partial charge < -0.3 is 24.8 Å². The van der Waals surface area contributed by atoms with Gasteiger partial charge in [-0.05, 0) is 41.3 Å². The van der Waals surface area contributed by atoms with Crippen LogP contribution < -0.4 is 16.0 Å².